The Balaban J connectivity index is 0.00000422. The first kappa shape index (κ1) is 37.6. The van der Waals surface area contributed by atoms with Crippen LogP contribution in [0.4, 0.5) is 17.1 Å². The zero-order chi connectivity index (χ0) is 39.2. The number of hydrogen-bond acceptors (Lipinski definition) is 4. The molecule has 1 aliphatic carbocycles. The summed E-state index contributed by atoms with van der Waals surface area (Å²) < 4.78 is 9.39. The van der Waals surface area contributed by atoms with Crippen LogP contribution >= 0.6 is 0 Å². The first-order valence-corrected chi connectivity index (χ1v) is 19.8. The molecule has 0 amide bonds. The average Bonchev–Trinajstić information content (AvgIpc) is 3.69. The van der Waals surface area contributed by atoms with Crippen LogP contribution in [-0.4, -0.2) is 21.0 Å². The molecule has 5 nitrogen and oxygen atoms in total. The van der Waals surface area contributed by atoms with E-state index in [4.69, 9.17) is 14.7 Å². The molecular formula is C51H48N4OPt. The number of para-hydroxylation sites is 2. The van der Waals surface area contributed by atoms with E-state index in [2.05, 4.69) is 194 Å². The minimum absolute atomic E-state index is 0. The number of pyridine rings is 1. The van der Waals surface area contributed by atoms with Gasteiger partial charge in [-0.05, 0) is 82.3 Å². The van der Waals surface area contributed by atoms with Gasteiger partial charge >= 0.3 is 21.1 Å². The molecular weight excluding hydrogens is 880 g/mol. The van der Waals surface area contributed by atoms with Crippen LogP contribution < -0.4 is 4.90 Å². The van der Waals surface area contributed by atoms with Crippen LogP contribution in [0.15, 0.2) is 114 Å². The van der Waals surface area contributed by atoms with Gasteiger partial charge in [0.2, 0.25) is 0 Å². The van der Waals surface area contributed by atoms with E-state index in [0.29, 0.717) is 5.90 Å². The first-order chi connectivity index (χ1) is 26.5. The summed E-state index contributed by atoms with van der Waals surface area (Å²) in [7, 11) is 0. The summed E-state index contributed by atoms with van der Waals surface area (Å²) in [5.74, 6) is 1.53. The second-order valence-corrected chi connectivity index (χ2v) is 18.5. The fraction of sp³-hybridized carbons (Fsp3) is 0.294. The Morgan fingerprint density at radius 3 is 2.14 bits per heavy atom. The molecule has 288 valence electrons. The largest absolute Gasteiger partial charge is 2.00 e. The molecule has 10 rings (SSSR count). The molecule has 4 heterocycles. The van der Waals surface area contributed by atoms with Crippen molar-refractivity contribution in [3.05, 3.63) is 160 Å². The Bertz CT molecular complexity index is 2840. The molecule has 3 aliphatic rings. The molecule has 2 atom stereocenters. The Kier molecular flexibility index (Phi) is 8.08. The summed E-state index contributed by atoms with van der Waals surface area (Å²) in [4.78, 5) is 12.8. The normalized spacial score (nSPS) is 21.3. The van der Waals surface area contributed by atoms with Gasteiger partial charge in [-0.25, -0.2) is 4.98 Å². The molecule has 5 aromatic carbocycles. The monoisotopic (exact) mass is 927 g/mol. The standard InChI is InChI=1S/C51H48N4O.Pt/c1-31-25-32(46-53-50(9)38-19-13-12-18-37(38)49(7,8)51(50,10)56-46)27-34(26-31)54-42-22-16-14-20-39(42)48(5,6)40-29-36-35-17-11-15-21-41(35)55(43(36)30-44(40)54)45-28-33(23-24-52-45)47(2,3)4;/h11-26,28-29H,1-10H3;/q-2;+2/t50-,51+;/m1./s1. The summed E-state index contributed by atoms with van der Waals surface area (Å²) >= 11 is 0. The maximum absolute atomic E-state index is 7.10. The summed E-state index contributed by atoms with van der Waals surface area (Å²) in [5.41, 5.74) is 11.6. The van der Waals surface area contributed by atoms with Crippen LogP contribution in [0.1, 0.15) is 101 Å². The number of nitrogens with zero attached hydrogens (tertiary/aromatic N) is 4. The van der Waals surface area contributed by atoms with Gasteiger partial charge in [0.1, 0.15) is 22.9 Å². The molecule has 6 heteroatoms. The zero-order valence-corrected chi connectivity index (χ0v) is 36.7. The van der Waals surface area contributed by atoms with Crippen LogP contribution in [0.5, 0.6) is 0 Å². The van der Waals surface area contributed by atoms with Crippen LogP contribution in [0.2, 0.25) is 0 Å². The van der Waals surface area contributed by atoms with Crippen LogP contribution in [-0.2, 0) is 47.6 Å². The topological polar surface area (TPSA) is 42.6 Å². The van der Waals surface area contributed by atoms with E-state index in [9.17, 15) is 0 Å². The van der Waals surface area contributed by atoms with Crippen molar-refractivity contribution in [2.24, 2.45) is 4.99 Å². The van der Waals surface area contributed by atoms with Crippen LogP contribution in [0, 0.1) is 19.1 Å². The van der Waals surface area contributed by atoms with E-state index in [0.717, 1.165) is 50.4 Å². The van der Waals surface area contributed by atoms with Gasteiger partial charge in [-0.2, -0.15) is 6.07 Å². The second kappa shape index (κ2) is 12.3. The molecule has 2 aromatic heterocycles. The number of aryl methyl sites for hydroxylation is 1. The van der Waals surface area contributed by atoms with Crippen molar-refractivity contribution < 1.29 is 25.8 Å². The van der Waals surface area contributed by atoms with Gasteiger partial charge < -0.3 is 14.2 Å². The van der Waals surface area contributed by atoms with Crippen molar-refractivity contribution in [2.45, 2.75) is 96.6 Å². The Hall–Kier alpha value is -4.99. The second-order valence-electron chi connectivity index (χ2n) is 18.5. The summed E-state index contributed by atoms with van der Waals surface area (Å²) in [6.45, 7) is 22.6. The molecule has 0 bridgehead atoms. The van der Waals surface area contributed by atoms with E-state index in [1.807, 2.05) is 6.20 Å². The number of aromatic nitrogens is 2. The van der Waals surface area contributed by atoms with Gasteiger partial charge in [0.25, 0.3) is 0 Å². The average molecular weight is 928 g/mol. The Morgan fingerprint density at radius 2 is 1.39 bits per heavy atom. The summed E-state index contributed by atoms with van der Waals surface area (Å²) in [6, 6.07) is 45.2. The molecule has 0 unspecified atom stereocenters. The fourth-order valence-electron chi connectivity index (χ4n) is 9.97. The molecule has 0 saturated carbocycles. The van der Waals surface area contributed by atoms with E-state index in [1.165, 1.54) is 33.2 Å². The molecule has 2 aliphatic heterocycles. The summed E-state index contributed by atoms with van der Waals surface area (Å²) in [6.07, 6.45) is 1.94. The Labute approximate surface area is 351 Å². The number of fused-ring (bicyclic) bond motifs is 8. The van der Waals surface area contributed by atoms with Crippen molar-refractivity contribution in [3.63, 3.8) is 0 Å². The number of rotatable bonds is 3. The van der Waals surface area contributed by atoms with Gasteiger partial charge in [-0.3, -0.25) is 4.99 Å². The summed E-state index contributed by atoms with van der Waals surface area (Å²) in [5, 5.41) is 2.34. The maximum atomic E-state index is 7.10. The van der Waals surface area contributed by atoms with Gasteiger partial charge in [-0.1, -0.05) is 133 Å². The number of anilines is 3. The van der Waals surface area contributed by atoms with Crippen molar-refractivity contribution in [3.8, 4) is 5.82 Å². The minimum atomic E-state index is -0.573. The van der Waals surface area contributed by atoms with Gasteiger partial charge in [0.15, 0.2) is 0 Å². The number of aliphatic imine (C=N–C) groups is 1. The fourth-order valence-corrected chi connectivity index (χ4v) is 9.97. The molecule has 0 spiro atoms. The molecule has 0 fully saturated rings. The predicted octanol–water partition coefficient (Wildman–Crippen LogP) is 12.2. The van der Waals surface area contributed by atoms with Crippen LogP contribution in [0.3, 0.4) is 0 Å². The Morgan fingerprint density at radius 1 is 0.702 bits per heavy atom. The van der Waals surface area contributed by atoms with Crippen molar-refractivity contribution in [2.75, 3.05) is 4.90 Å². The molecule has 0 saturated heterocycles. The van der Waals surface area contributed by atoms with E-state index >= 15 is 0 Å². The zero-order valence-electron chi connectivity index (χ0n) is 34.4. The quantitative estimate of drug-likeness (QED) is 0.166. The molecule has 0 N–H and O–H groups in total. The molecule has 57 heavy (non-hydrogen) atoms. The third kappa shape index (κ3) is 5.03. The minimum Gasteiger partial charge on any atom is -0.510 e. The smallest absolute Gasteiger partial charge is 0.510 e. The third-order valence-electron chi connectivity index (χ3n) is 13.6. The first-order valence-electron chi connectivity index (χ1n) is 19.8. The number of hydrogen-bond donors (Lipinski definition) is 0. The third-order valence-corrected chi connectivity index (χ3v) is 13.6. The van der Waals surface area contributed by atoms with E-state index in [1.54, 1.807) is 0 Å². The van der Waals surface area contributed by atoms with Crippen molar-refractivity contribution in [1.82, 2.24) is 9.55 Å². The van der Waals surface area contributed by atoms with Gasteiger partial charge in [0.05, 0.1) is 0 Å². The molecule has 0 radical (unpaired) electrons. The maximum Gasteiger partial charge on any atom is 2.00 e. The van der Waals surface area contributed by atoms with E-state index in [-0.39, 0.29) is 37.3 Å². The SMILES string of the molecule is Cc1cc(C2=N[C@]3(C)c4ccccc4C(C)(C)[C@]3(C)O2)[c-]c(N2c3[c-]c4c(cc3C(C)(C)c3ccccc32)c2ccccc2n4-c2cc(C(C)(C)C)ccn2)c1.[Pt+2]. The van der Waals surface area contributed by atoms with Crippen molar-refractivity contribution in [1.29, 1.82) is 0 Å². The van der Waals surface area contributed by atoms with Gasteiger partial charge in [-0.15, -0.1) is 40.8 Å². The van der Waals surface area contributed by atoms with Crippen LogP contribution in [0.25, 0.3) is 27.6 Å². The molecule has 7 aromatic rings. The van der Waals surface area contributed by atoms with Gasteiger partial charge in [0, 0.05) is 22.8 Å². The predicted molar refractivity (Wildman–Crippen MR) is 229 cm³/mol. The van der Waals surface area contributed by atoms with Crippen molar-refractivity contribution >= 4 is 44.8 Å². The number of benzene rings is 5. The number of ether oxygens (including phenoxy) is 1. The van der Waals surface area contributed by atoms with E-state index < -0.39 is 11.1 Å².